The van der Waals surface area contributed by atoms with Gasteiger partial charge in [0.05, 0.1) is 17.7 Å². The van der Waals surface area contributed by atoms with Crippen molar-refractivity contribution in [3.8, 4) is 11.5 Å². The summed E-state index contributed by atoms with van der Waals surface area (Å²) < 4.78 is 4.92. The van der Waals surface area contributed by atoms with Crippen LogP contribution < -0.4 is 4.74 Å². The Morgan fingerprint density at radius 2 is 2.29 bits per heavy atom. The van der Waals surface area contributed by atoms with Crippen LogP contribution >= 0.6 is 11.6 Å². The Hall–Kier alpha value is -1.22. The van der Waals surface area contributed by atoms with E-state index >= 15 is 0 Å². The highest BCUT2D eigenvalue weighted by molar-refractivity contribution is 6.34. The minimum atomic E-state index is -0.204. The van der Waals surface area contributed by atoms with E-state index in [2.05, 4.69) is 0 Å². The minimum Gasteiger partial charge on any atom is -0.504 e. The summed E-state index contributed by atoms with van der Waals surface area (Å²) in [7, 11) is 1.43. The molecule has 14 heavy (non-hydrogen) atoms. The Bertz CT molecular complexity index is 333. The molecule has 0 unspecified atom stereocenters. The lowest BCUT2D eigenvalue weighted by molar-refractivity contribution is 0.112. The van der Waals surface area contributed by atoms with Gasteiger partial charge in [-0.25, -0.2) is 0 Å². The van der Waals surface area contributed by atoms with Gasteiger partial charge in [-0.05, 0) is 18.1 Å². The van der Waals surface area contributed by atoms with Crippen molar-refractivity contribution in [2.45, 2.75) is 13.3 Å². The average molecular weight is 215 g/mol. The maximum atomic E-state index is 10.7. The zero-order valence-corrected chi connectivity index (χ0v) is 8.76. The van der Waals surface area contributed by atoms with Crippen LogP contribution in [0.1, 0.15) is 22.8 Å². The summed E-state index contributed by atoms with van der Waals surface area (Å²) >= 11 is 5.90. The molecule has 0 atom stereocenters. The van der Waals surface area contributed by atoms with Gasteiger partial charge in [0.1, 0.15) is 0 Å². The van der Waals surface area contributed by atoms with Crippen molar-refractivity contribution in [2.75, 3.05) is 7.11 Å². The molecule has 0 bridgehead atoms. The number of carbonyl (C=O) groups is 1. The molecule has 1 N–H and O–H groups in total. The van der Waals surface area contributed by atoms with Crippen molar-refractivity contribution in [3.05, 3.63) is 22.2 Å². The second-order valence-corrected chi connectivity index (χ2v) is 3.16. The number of aromatic hydroxyl groups is 1. The summed E-state index contributed by atoms with van der Waals surface area (Å²) in [6.07, 6.45) is 1.20. The molecule has 0 fully saturated rings. The Morgan fingerprint density at radius 3 is 2.71 bits per heavy atom. The summed E-state index contributed by atoms with van der Waals surface area (Å²) in [6, 6.07) is 1.63. The van der Waals surface area contributed by atoms with E-state index in [4.69, 9.17) is 16.3 Å². The standard InChI is InChI=1S/C10H11ClO3/c1-3-6-4-8(14-2)10(13)7(5-12)9(6)11/h4-5,13H,3H2,1-2H3. The monoisotopic (exact) mass is 214 g/mol. The number of aryl methyl sites for hydroxylation is 1. The first kappa shape index (κ1) is 10.9. The highest BCUT2D eigenvalue weighted by Gasteiger charge is 2.15. The second-order valence-electron chi connectivity index (χ2n) is 2.79. The molecule has 1 rings (SSSR count). The van der Waals surface area contributed by atoms with Gasteiger partial charge in [0, 0.05) is 0 Å². The number of aldehydes is 1. The van der Waals surface area contributed by atoms with Gasteiger partial charge in [-0.2, -0.15) is 0 Å². The molecular formula is C10H11ClO3. The van der Waals surface area contributed by atoms with E-state index in [9.17, 15) is 9.90 Å². The molecular weight excluding hydrogens is 204 g/mol. The fourth-order valence-electron chi connectivity index (χ4n) is 1.22. The number of methoxy groups -OCH3 is 1. The fraction of sp³-hybridized carbons (Fsp3) is 0.300. The van der Waals surface area contributed by atoms with Crippen LogP contribution in [0.3, 0.4) is 0 Å². The van der Waals surface area contributed by atoms with Gasteiger partial charge in [0.2, 0.25) is 0 Å². The van der Waals surface area contributed by atoms with E-state index < -0.39 is 0 Å². The molecule has 0 amide bonds. The minimum absolute atomic E-state index is 0.0860. The van der Waals surface area contributed by atoms with E-state index in [0.29, 0.717) is 17.7 Å². The smallest absolute Gasteiger partial charge is 0.169 e. The second kappa shape index (κ2) is 4.33. The first-order valence-corrected chi connectivity index (χ1v) is 4.57. The van der Waals surface area contributed by atoms with E-state index in [1.165, 1.54) is 7.11 Å². The number of hydrogen-bond acceptors (Lipinski definition) is 3. The summed E-state index contributed by atoms with van der Waals surface area (Å²) in [6.45, 7) is 1.91. The van der Waals surface area contributed by atoms with E-state index in [0.717, 1.165) is 5.56 Å². The Labute approximate surface area is 87.3 Å². The number of halogens is 1. The topological polar surface area (TPSA) is 46.5 Å². The van der Waals surface area contributed by atoms with E-state index in [-0.39, 0.29) is 17.1 Å². The Kier molecular flexibility index (Phi) is 3.36. The lowest BCUT2D eigenvalue weighted by Crippen LogP contribution is -1.94. The number of ether oxygens (including phenoxy) is 1. The van der Waals surface area contributed by atoms with Crippen molar-refractivity contribution in [1.29, 1.82) is 0 Å². The number of phenols is 1. The molecule has 0 aliphatic heterocycles. The highest BCUT2D eigenvalue weighted by Crippen LogP contribution is 2.36. The molecule has 1 aromatic rings. The first-order chi connectivity index (χ1) is 6.65. The molecule has 1 aromatic carbocycles. The van der Waals surface area contributed by atoms with Crippen LogP contribution in [0, 0.1) is 0 Å². The molecule has 4 heteroatoms. The molecule has 76 valence electrons. The lowest BCUT2D eigenvalue weighted by Gasteiger charge is -2.10. The third-order valence-electron chi connectivity index (χ3n) is 2.03. The van der Waals surface area contributed by atoms with E-state index in [1.807, 2.05) is 6.92 Å². The third kappa shape index (κ3) is 1.68. The molecule has 0 aliphatic carbocycles. The van der Waals surface area contributed by atoms with Gasteiger partial charge >= 0.3 is 0 Å². The average Bonchev–Trinajstić information content (AvgIpc) is 2.19. The quantitative estimate of drug-likeness (QED) is 0.787. The number of rotatable bonds is 3. The molecule has 0 saturated heterocycles. The van der Waals surface area contributed by atoms with Gasteiger partial charge in [-0.3, -0.25) is 4.79 Å². The lowest BCUT2D eigenvalue weighted by atomic mass is 10.1. The van der Waals surface area contributed by atoms with Crippen LogP contribution in [0.25, 0.3) is 0 Å². The molecule has 0 aromatic heterocycles. The zero-order chi connectivity index (χ0) is 10.7. The van der Waals surface area contributed by atoms with Crippen LogP contribution in [-0.4, -0.2) is 18.5 Å². The maximum Gasteiger partial charge on any atom is 0.169 e. The molecule has 0 heterocycles. The predicted molar refractivity (Wildman–Crippen MR) is 54.4 cm³/mol. The van der Waals surface area contributed by atoms with Crippen molar-refractivity contribution in [2.24, 2.45) is 0 Å². The van der Waals surface area contributed by atoms with Gasteiger partial charge in [-0.1, -0.05) is 18.5 Å². The fourth-order valence-corrected chi connectivity index (χ4v) is 1.54. The van der Waals surface area contributed by atoms with Gasteiger partial charge in [0.15, 0.2) is 17.8 Å². The number of hydrogen-bond donors (Lipinski definition) is 1. The van der Waals surface area contributed by atoms with Crippen LogP contribution in [-0.2, 0) is 6.42 Å². The van der Waals surface area contributed by atoms with Gasteiger partial charge < -0.3 is 9.84 Å². The Balaban J connectivity index is 3.46. The van der Waals surface area contributed by atoms with Gasteiger partial charge in [-0.15, -0.1) is 0 Å². The van der Waals surface area contributed by atoms with Crippen LogP contribution in [0.4, 0.5) is 0 Å². The van der Waals surface area contributed by atoms with Crippen molar-refractivity contribution in [3.63, 3.8) is 0 Å². The predicted octanol–water partition coefficient (Wildman–Crippen LogP) is 2.43. The summed E-state index contributed by atoms with van der Waals surface area (Å²) in [5, 5.41) is 9.84. The van der Waals surface area contributed by atoms with Gasteiger partial charge in [0.25, 0.3) is 0 Å². The van der Waals surface area contributed by atoms with E-state index in [1.54, 1.807) is 6.07 Å². The molecule has 0 saturated carbocycles. The van der Waals surface area contributed by atoms with Crippen LogP contribution in [0.15, 0.2) is 6.07 Å². The largest absolute Gasteiger partial charge is 0.504 e. The number of phenolic OH excluding ortho intramolecular Hbond substituents is 1. The summed E-state index contributed by atoms with van der Waals surface area (Å²) in [4.78, 5) is 10.7. The zero-order valence-electron chi connectivity index (χ0n) is 8.00. The summed E-state index contributed by atoms with van der Waals surface area (Å²) in [5.41, 5.74) is 0.867. The van der Waals surface area contributed by atoms with Crippen LogP contribution in [0.2, 0.25) is 5.02 Å². The van der Waals surface area contributed by atoms with Crippen molar-refractivity contribution >= 4 is 17.9 Å². The molecule has 0 spiro atoms. The molecule has 3 nitrogen and oxygen atoms in total. The highest BCUT2D eigenvalue weighted by atomic mass is 35.5. The third-order valence-corrected chi connectivity index (χ3v) is 2.48. The maximum absolute atomic E-state index is 10.7. The molecule has 0 radical (unpaired) electrons. The Morgan fingerprint density at radius 1 is 1.64 bits per heavy atom. The first-order valence-electron chi connectivity index (χ1n) is 4.19. The number of carbonyl (C=O) groups excluding carboxylic acids is 1. The normalized spacial score (nSPS) is 9.93. The van der Waals surface area contributed by atoms with Crippen LogP contribution in [0.5, 0.6) is 11.5 Å². The number of benzene rings is 1. The van der Waals surface area contributed by atoms with Crippen molar-refractivity contribution < 1.29 is 14.6 Å². The molecule has 0 aliphatic rings. The van der Waals surface area contributed by atoms with Crippen molar-refractivity contribution in [1.82, 2.24) is 0 Å². The SMILES string of the molecule is CCc1cc(OC)c(O)c(C=O)c1Cl. The summed E-state index contributed by atoms with van der Waals surface area (Å²) in [5.74, 6) is 0.0676.